The molecule has 1 aromatic carbocycles. The Bertz CT molecular complexity index is 475. The average molecular weight is 304 g/mol. The zero-order chi connectivity index (χ0) is 15.5. The molecule has 0 amide bonds. The van der Waals surface area contributed by atoms with Gasteiger partial charge in [0.15, 0.2) is 0 Å². The summed E-state index contributed by atoms with van der Waals surface area (Å²) >= 11 is 0. The molecule has 3 atom stereocenters. The van der Waals surface area contributed by atoms with Crippen molar-refractivity contribution in [3.8, 4) is 0 Å². The van der Waals surface area contributed by atoms with Crippen LogP contribution in [0, 0.1) is 5.92 Å². The summed E-state index contributed by atoms with van der Waals surface area (Å²) in [5, 5.41) is 0. The molecule has 3 rings (SSSR count). The monoisotopic (exact) mass is 304 g/mol. The second kappa shape index (κ2) is 6.69. The van der Waals surface area contributed by atoms with Gasteiger partial charge in [0, 0.05) is 19.4 Å². The van der Waals surface area contributed by atoms with E-state index in [9.17, 15) is 0 Å². The molecule has 1 unspecified atom stereocenters. The fraction of sp³-hybridized carbons (Fsp3) is 0.684. The number of hydrogen-bond donors (Lipinski definition) is 0. The molecule has 2 aliphatic rings. The maximum Gasteiger partial charge on any atom is 0.107 e. The van der Waals surface area contributed by atoms with Crippen LogP contribution in [-0.2, 0) is 21.1 Å². The van der Waals surface area contributed by atoms with E-state index in [0.717, 1.165) is 31.6 Å². The summed E-state index contributed by atoms with van der Waals surface area (Å²) in [5.41, 5.74) is 0.980. The first-order chi connectivity index (χ1) is 10.6. The molecule has 1 heterocycles. The van der Waals surface area contributed by atoms with Gasteiger partial charge in [0.05, 0.1) is 6.61 Å². The molecule has 0 bridgehead atoms. The maximum atomic E-state index is 5.83. The van der Waals surface area contributed by atoms with E-state index >= 15 is 0 Å². The van der Waals surface area contributed by atoms with E-state index in [-0.39, 0.29) is 11.2 Å². The molecular weight excluding hydrogens is 276 g/mol. The topological polar surface area (TPSA) is 27.7 Å². The molecule has 0 N–H and O–H groups in total. The fourth-order valence-electron chi connectivity index (χ4n) is 3.96. The van der Waals surface area contributed by atoms with Crippen LogP contribution in [0.15, 0.2) is 30.3 Å². The normalized spacial score (nSPS) is 35.1. The van der Waals surface area contributed by atoms with Crippen molar-refractivity contribution in [2.24, 2.45) is 5.92 Å². The number of rotatable bonds is 5. The van der Waals surface area contributed by atoms with Crippen LogP contribution >= 0.6 is 0 Å². The van der Waals surface area contributed by atoms with E-state index in [2.05, 4.69) is 26.0 Å². The van der Waals surface area contributed by atoms with E-state index in [1.165, 1.54) is 18.4 Å². The molecule has 1 aromatic rings. The van der Waals surface area contributed by atoms with Crippen molar-refractivity contribution < 1.29 is 14.5 Å². The lowest BCUT2D eigenvalue weighted by molar-refractivity contribution is -0.354. The Kier molecular flexibility index (Phi) is 4.86. The predicted molar refractivity (Wildman–Crippen MR) is 86.3 cm³/mol. The van der Waals surface area contributed by atoms with Gasteiger partial charge in [-0.1, -0.05) is 50.1 Å². The van der Waals surface area contributed by atoms with Crippen LogP contribution in [-0.4, -0.2) is 17.8 Å². The van der Waals surface area contributed by atoms with Crippen LogP contribution in [0.3, 0.4) is 0 Å². The first-order valence-electron chi connectivity index (χ1n) is 8.58. The van der Waals surface area contributed by atoms with Gasteiger partial charge in [-0.15, -0.1) is 0 Å². The molecule has 3 heteroatoms. The van der Waals surface area contributed by atoms with Crippen LogP contribution in [0.2, 0.25) is 0 Å². The summed E-state index contributed by atoms with van der Waals surface area (Å²) in [6, 6.07) is 10.3. The van der Waals surface area contributed by atoms with Crippen LogP contribution in [0.5, 0.6) is 0 Å². The Balaban J connectivity index is 1.44. The van der Waals surface area contributed by atoms with Gasteiger partial charge in [0.2, 0.25) is 0 Å². The van der Waals surface area contributed by atoms with Gasteiger partial charge < -0.3 is 4.74 Å². The zero-order valence-corrected chi connectivity index (χ0v) is 13.8. The third-order valence-corrected chi connectivity index (χ3v) is 5.05. The molecule has 1 aliphatic heterocycles. The van der Waals surface area contributed by atoms with Crippen LogP contribution in [0.25, 0.3) is 0 Å². The highest BCUT2D eigenvalue weighted by Crippen LogP contribution is 2.47. The lowest BCUT2D eigenvalue weighted by Gasteiger charge is -2.34. The van der Waals surface area contributed by atoms with Gasteiger partial charge in [0.25, 0.3) is 0 Å². The Morgan fingerprint density at radius 1 is 1.23 bits per heavy atom. The van der Waals surface area contributed by atoms with E-state index in [4.69, 9.17) is 14.5 Å². The standard InChI is InChI=1S/C19H28O3/c1-16-7-6-10-19(13-16)15-18(2,21-22-19)11-12-20-14-17-8-4-3-5-9-17/h3-5,8-9,16H,6-7,10-15H2,1-2H3/t16-,18?,19-/m1/s1. The van der Waals surface area contributed by atoms with Crippen molar-refractivity contribution in [1.29, 1.82) is 0 Å². The third-order valence-electron chi connectivity index (χ3n) is 5.05. The highest BCUT2D eigenvalue weighted by atomic mass is 17.2. The van der Waals surface area contributed by atoms with Gasteiger partial charge >= 0.3 is 0 Å². The Hall–Kier alpha value is -0.900. The smallest absolute Gasteiger partial charge is 0.107 e. The third kappa shape index (κ3) is 3.89. The second-order valence-corrected chi connectivity index (χ2v) is 7.47. The first kappa shape index (κ1) is 16.0. The predicted octanol–water partition coefficient (Wildman–Crippen LogP) is 4.65. The van der Waals surface area contributed by atoms with E-state index < -0.39 is 0 Å². The molecule has 3 nitrogen and oxygen atoms in total. The largest absolute Gasteiger partial charge is 0.377 e. The van der Waals surface area contributed by atoms with Crippen molar-refractivity contribution >= 4 is 0 Å². The minimum absolute atomic E-state index is 0.0359. The van der Waals surface area contributed by atoms with Gasteiger partial charge in [-0.25, -0.2) is 9.78 Å². The lowest BCUT2D eigenvalue weighted by atomic mass is 9.74. The number of ether oxygens (including phenoxy) is 1. The summed E-state index contributed by atoms with van der Waals surface area (Å²) in [6.07, 6.45) is 6.73. The molecule has 2 fully saturated rings. The molecule has 1 spiro atoms. The van der Waals surface area contributed by atoms with Crippen molar-refractivity contribution in [3.63, 3.8) is 0 Å². The van der Waals surface area contributed by atoms with Crippen molar-refractivity contribution in [1.82, 2.24) is 0 Å². The van der Waals surface area contributed by atoms with E-state index in [1.54, 1.807) is 0 Å². The van der Waals surface area contributed by atoms with Gasteiger partial charge in [-0.05, 0) is 31.2 Å². The molecule has 1 aliphatic carbocycles. The first-order valence-corrected chi connectivity index (χ1v) is 8.58. The minimum atomic E-state index is -0.201. The second-order valence-electron chi connectivity index (χ2n) is 7.47. The average Bonchev–Trinajstić information content (AvgIpc) is 2.82. The molecule has 1 saturated carbocycles. The molecule has 0 aromatic heterocycles. The summed E-state index contributed by atoms with van der Waals surface area (Å²) in [7, 11) is 0. The van der Waals surface area contributed by atoms with Crippen LogP contribution in [0.4, 0.5) is 0 Å². The Morgan fingerprint density at radius 3 is 2.82 bits per heavy atom. The highest BCUT2D eigenvalue weighted by Gasteiger charge is 2.50. The Labute approximate surface area is 133 Å². The van der Waals surface area contributed by atoms with E-state index in [0.29, 0.717) is 13.2 Å². The van der Waals surface area contributed by atoms with Crippen LogP contribution < -0.4 is 0 Å². The van der Waals surface area contributed by atoms with Gasteiger partial charge in [-0.3, -0.25) is 0 Å². The molecule has 0 radical (unpaired) electrons. The van der Waals surface area contributed by atoms with Crippen molar-refractivity contribution in [2.45, 2.75) is 70.2 Å². The van der Waals surface area contributed by atoms with Crippen molar-refractivity contribution in [3.05, 3.63) is 35.9 Å². The molecular formula is C19H28O3. The lowest BCUT2D eigenvalue weighted by Crippen LogP contribution is -2.36. The van der Waals surface area contributed by atoms with Crippen LogP contribution in [0.1, 0.15) is 57.9 Å². The number of benzene rings is 1. The molecule has 1 saturated heterocycles. The van der Waals surface area contributed by atoms with Gasteiger partial charge in [-0.2, -0.15) is 0 Å². The molecule has 22 heavy (non-hydrogen) atoms. The molecule has 122 valence electrons. The van der Waals surface area contributed by atoms with Gasteiger partial charge in [0.1, 0.15) is 11.2 Å². The maximum absolute atomic E-state index is 5.83. The van der Waals surface area contributed by atoms with E-state index in [1.807, 2.05) is 18.2 Å². The minimum Gasteiger partial charge on any atom is -0.377 e. The number of hydrogen-bond acceptors (Lipinski definition) is 3. The quantitative estimate of drug-likeness (QED) is 0.585. The summed E-state index contributed by atoms with van der Waals surface area (Å²) in [5.74, 6) is 0.744. The summed E-state index contributed by atoms with van der Waals surface area (Å²) < 4.78 is 5.81. The SMILES string of the molecule is C[C@@H]1CCC[C@@]2(C1)CC(C)(CCOCc1ccccc1)OO2. The Morgan fingerprint density at radius 2 is 2.05 bits per heavy atom. The summed E-state index contributed by atoms with van der Waals surface area (Å²) in [6.45, 7) is 5.86. The zero-order valence-electron chi connectivity index (χ0n) is 13.8. The fourth-order valence-corrected chi connectivity index (χ4v) is 3.96. The van der Waals surface area contributed by atoms with Crippen molar-refractivity contribution in [2.75, 3.05) is 6.61 Å². The highest BCUT2D eigenvalue weighted by molar-refractivity contribution is 5.13. The summed E-state index contributed by atoms with van der Waals surface area (Å²) in [4.78, 5) is 11.6.